The number of nitrogens with zero attached hydrogens (tertiary/aromatic N) is 1. The molecular formula is C15H16F2N2O. The number of nitrogens with one attached hydrogen (secondary N) is 1. The molecule has 1 aromatic carbocycles. The van der Waals surface area contributed by atoms with Crippen molar-refractivity contribution in [1.29, 1.82) is 0 Å². The standard InChI is InChI=1S/C15H16F2N2O/c1-11-3-2-8-19-14(11)10-18-9-12-4-6-13(7-5-12)20-15(16)17/h2-8,15,18H,9-10H2,1H3. The van der Waals surface area contributed by atoms with Gasteiger partial charge in [0.2, 0.25) is 0 Å². The highest BCUT2D eigenvalue weighted by Crippen LogP contribution is 2.14. The second kappa shape index (κ2) is 6.96. The van der Waals surface area contributed by atoms with Gasteiger partial charge in [0.25, 0.3) is 0 Å². The second-order valence-electron chi connectivity index (χ2n) is 4.39. The number of aromatic nitrogens is 1. The molecule has 2 aromatic rings. The molecule has 0 saturated carbocycles. The molecule has 0 bridgehead atoms. The van der Waals surface area contributed by atoms with Gasteiger partial charge in [-0.1, -0.05) is 18.2 Å². The molecule has 0 aliphatic heterocycles. The zero-order valence-electron chi connectivity index (χ0n) is 11.1. The third-order valence-electron chi connectivity index (χ3n) is 2.89. The van der Waals surface area contributed by atoms with Crippen molar-refractivity contribution < 1.29 is 13.5 Å². The third-order valence-corrected chi connectivity index (χ3v) is 2.89. The Balaban J connectivity index is 1.84. The van der Waals surface area contributed by atoms with Crippen molar-refractivity contribution in [2.24, 2.45) is 0 Å². The lowest BCUT2D eigenvalue weighted by Crippen LogP contribution is -2.14. The van der Waals surface area contributed by atoms with E-state index in [1.54, 1.807) is 18.3 Å². The number of halogens is 2. The van der Waals surface area contributed by atoms with Gasteiger partial charge in [-0.25, -0.2) is 0 Å². The Bertz CT molecular complexity index is 544. The molecule has 2 rings (SSSR count). The highest BCUT2D eigenvalue weighted by atomic mass is 19.3. The molecule has 0 spiro atoms. The van der Waals surface area contributed by atoms with Crippen LogP contribution in [0.3, 0.4) is 0 Å². The first-order valence-electron chi connectivity index (χ1n) is 6.30. The van der Waals surface area contributed by atoms with Crippen LogP contribution in [0.25, 0.3) is 0 Å². The van der Waals surface area contributed by atoms with Gasteiger partial charge in [0.15, 0.2) is 0 Å². The smallest absolute Gasteiger partial charge is 0.387 e. The number of benzene rings is 1. The normalized spacial score (nSPS) is 10.8. The average molecular weight is 278 g/mol. The molecule has 1 aromatic heterocycles. The molecule has 0 radical (unpaired) electrons. The molecule has 0 amide bonds. The monoisotopic (exact) mass is 278 g/mol. The Morgan fingerprint density at radius 3 is 2.55 bits per heavy atom. The van der Waals surface area contributed by atoms with Crippen molar-refractivity contribution >= 4 is 0 Å². The maximum absolute atomic E-state index is 12.0. The molecule has 5 heteroatoms. The highest BCUT2D eigenvalue weighted by molar-refractivity contribution is 5.27. The molecule has 0 saturated heterocycles. The zero-order valence-corrected chi connectivity index (χ0v) is 11.1. The Morgan fingerprint density at radius 2 is 1.90 bits per heavy atom. The topological polar surface area (TPSA) is 34.2 Å². The summed E-state index contributed by atoms with van der Waals surface area (Å²) in [5.74, 6) is 0.171. The predicted molar refractivity (Wildman–Crippen MR) is 72.6 cm³/mol. The van der Waals surface area contributed by atoms with Crippen molar-refractivity contribution in [2.75, 3.05) is 0 Å². The average Bonchev–Trinajstić information content (AvgIpc) is 2.42. The van der Waals surface area contributed by atoms with E-state index in [1.165, 1.54) is 12.1 Å². The molecule has 1 N–H and O–H groups in total. The first-order valence-corrected chi connectivity index (χ1v) is 6.30. The second-order valence-corrected chi connectivity index (χ2v) is 4.39. The lowest BCUT2D eigenvalue weighted by molar-refractivity contribution is -0.0498. The summed E-state index contributed by atoms with van der Waals surface area (Å²) < 4.78 is 28.3. The van der Waals surface area contributed by atoms with Crippen LogP contribution in [0, 0.1) is 6.92 Å². The summed E-state index contributed by atoms with van der Waals surface area (Å²) in [6.07, 6.45) is 1.76. The number of ether oxygens (including phenoxy) is 1. The van der Waals surface area contributed by atoms with Crippen molar-refractivity contribution in [3.05, 3.63) is 59.4 Å². The van der Waals surface area contributed by atoms with E-state index in [9.17, 15) is 8.78 Å². The van der Waals surface area contributed by atoms with E-state index in [2.05, 4.69) is 15.0 Å². The van der Waals surface area contributed by atoms with Crippen LogP contribution >= 0.6 is 0 Å². The Hall–Kier alpha value is -2.01. The van der Waals surface area contributed by atoms with Crippen LogP contribution in [-0.4, -0.2) is 11.6 Å². The summed E-state index contributed by atoms with van der Waals surface area (Å²) in [7, 11) is 0. The van der Waals surface area contributed by atoms with Gasteiger partial charge in [0.1, 0.15) is 5.75 Å². The fourth-order valence-corrected chi connectivity index (χ4v) is 1.82. The van der Waals surface area contributed by atoms with Crippen molar-refractivity contribution in [1.82, 2.24) is 10.3 Å². The minimum absolute atomic E-state index is 0.171. The third kappa shape index (κ3) is 4.28. The first kappa shape index (κ1) is 14.4. The largest absolute Gasteiger partial charge is 0.435 e. The van der Waals surface area contributed by atoms with Gasteiger partial charge in [-0.15, -0.1) is 0 Å². The fourth-order valence-electron chi connectivity index (χ4n) is 1.82. The predicted octanol–water partition coefficient (Wildman–Crippen LogP) is 3.28. The van der Waals surface area contributed by atoms with Gasteiger partial charge in [-0.05, 0) is 36.2 Å². The minimum Gasteiger partial charge on any atom is -0.435 e. The Labute approximate surface area is 116 Å². The molecule has 0 atom stereocenters. The highest BCUT2D eigenvalue weighted by Gasteiger charge is 2.03. The van der Waals surface area contributed by atoms with Crippen LogP contribution in [-0.2, 0) is 13.1 Å². The summed E-state index contributed by atoms with van der Waals surface area (Å²) in [6, 6.07) is 10.5. The van der Waals surface area contributed by atoms with Crippen LogP contribution in [0.5, 0.6) is 5.75 Å². The summed E-state index contributed by atoms with van der Waals surface area (Å²) in [4.78, 5) is 4.29. The van der Waals surface area contributed by atoms with Crippen LogP contribution in [0.1, 0.15) is 16.8 Å². The molecule has 0 unspecified atom stereocenters. The lowest BCUT2D eigenvalue weighted by Gasteiger charge is -2.08. The summed E-state index contributed by atoms with van der Waals surface area (Å²) >= 11 is 0. The van der Waals surface area contributed by atoms with Gasteiger partial charge < -0.3 is 10.1 Å². The SMILES string of the molecule is Cc1cccnc1CNCc1ccc(OC(F)F)cc1. The number of hydrogen-bond donors (Lipinski definition) is 1. The number of pyridine rings is 1. The summed E-state index contributed by atoms with van der Waals surface area (Å²) in [5.41, 5.74) is 3.14. The lowest BCUT2D eigenvalue weighted by atomic mass is 10.2. The fraction of sp³-hybridized carbons (Fsp3) is 0.267. The molecule has 0 fully saturated rings. The van der Waals surface area contributed by atoms with E-state index >= 15 is 0 Å². The molecule has 106 valence electrons. The number of rotatable bonds is 6. The number of hydrogen-bond acceptors (Lipinski definition) is 3. The molecule has 3 nitrogen and oxygen atoms in total. The molecule has 20 heavy (non-hydrogen) atoms. The molecule has 0 aliphatic rings. The zero-order chi connectivity index (χ0) is 14.4. The first-order chi connectivity index (χ1) is 9.65. The van der Waals surface area contributed by atoms with E-state index in [1.807, 2.05) is 19.1 Å². The van der Waals surface area contributed by atoms with E-state index < -0.39 is 6.61 Å². The van der Waals surface area contributed by atoms with E-state index in [0.29, 0.717) is 13.1 Å². The number of aryl methyl sites for hydroxylation is 1. The minimum atomic E-state index is -2.79. The molecule has 0 aliphatic carbocycles. The van der Waals surface area contributed by atoms with Crippen LogP contribution in [0.15, 0.2) is 42.6 Å². The van der Waals surface area contributed by atoms with Crippen LogP contribution < -0.4 is 10.1 Å². The van der Waals surface area contributed by atoms with Crippen molar-refractivity contribution in [2.45, 2.75) is 26.6 Å². The maximum atomic E-state index is 12.0. The van der Waals surface area contributed by atoms with E-state index in [4.69, 9.17) is 0 Å². The van der Waals surface area contributed by atoms with E-state index in [0.717, 1.165) is 16.8 Å². The van der Waals surface area contributed by atoms with Gasteiger partial charge in [-0.3, -0.25) is 4.98 Å². The Kier molecular flexibility index (Phi) is 5.01. The molecule has 1 heterocycles. The van der Waals surface area contributed by atoms with Crippen LogP contribution in [0.4, 0.5) is 8.78 Å². The Morgan fingerprint density at radius 1 is 1.15 bits per heavy atom. The van der Waals surface area contributed by atoms with Crippen LogP contribution in [0.2, 0.25) is 0 Å². The summed E-state index contributed by atoms with van der Waals surface area (Å²) in [5, 5.41) is 3.27. The van der Waals surface area contributed by atoms with Crippen molar-refractivity contribution in [3.8, 4) is 5.75 Å². The quantitative estimate of drug-likeness (QED) is 0.880. The molecular weight excluding hydrogens is 262 g/mol. The van der Waals surface area contributed by atoms with Gasteiger partial charge in [-0.2, -0.15) is 8.78 Å². The van der Waals surface area contributed by atoms with Gasteiger partial charge in [0, 0.05) is 19.3 Å². The van der Waals surface area contributed by atoms with Gasteiger partial charge in [0.05, 0.1) is 5.69 Å². The van der Waals surface area contributed by atoms with Crippen molar-refractivity contribution in [3.63, 3.8) is 0 Å². The maximum Gasteiger partial charge on any atom is 0.387 e. The number of alkyl halides is 2. The summed E-state index contributed by atoms with van der Waals surface area (Å²) in [6.45, 7) is 0.541. The van der Waals surface area contributed by atoms with Gasteiger partial charge >= 0.3 is 6.61 Å². The van der Waals surface area contributed by atoms with E-state index in [-0.39, 0.29) is 5.75 Å².